The topological polar surface area (TPSA) is 121 Å². The normalized spacial score (nSPS) is 12.1. The molecule has 0 aliphatic rings. The van der Waals surface area contributed by atoms with Gasteiger partial charge in [-0.2, -0.15) is 4.99 Å². The summed E-state index contributed by atoms with van der Waals surface area (Å²) in [7, 11) is 2.00. The van der Waals surface area contributed by atoms with Crippen molar-refractivity contribution in [3.05, 3.63) is 24.0 Å². The minimum Gasteiger partial charge on any atom is -0.370 e. The van der Waals surface area contributed by atoms with Gasteiger partial charge in [0.05, 0.1) is 16.7 Å². The Kier molecular flexibility index (Phi) is 3.60. The van der Waals surface area contributed by atoms with Crippen LogP contribution >= 0.6 is 0 Å². The van der Waals surface area contributed by atoms with Crippen LogP contribution < -0.4 is 17.2 Å². The molecule has 2 aromatic rings. The monoisotopic (exact) mass is 273 g/mol. The van der Waals surface area contributed by atoms with E-state index in [1.807, 2.05) is 25.2 Å². The third-order valence-corrected chi connectivity index (χ3v) is 2.90. The van der Waals surface area contributed by atoms with Crippen LogP contribution in [-0.4, -0.2) is 21.5 Å². The molecule has 0 radical (unpaired) electrons. The average Bonchev–Trinajstić information content (AvgIpc) is 2.65. The molecule has 106 valence electrons. The van der Waals surface area contributed by atoms with E-state index in [0.29, 0.717) is 11.6 Å². The van der Waals surface area contributed by atoms with Gasteiger partial charge in [-0.15, -0.1) is 0 Å². The van der Waals surface area contributed by atoms with E-state index in [4.69, 9.17) is 17.2 Å². The van der Waals surface area contributed by atoms with E-state index < -0.39 is 0 Å². The lowest BCUT2D eigenvalue weighted by atomic mass is 10.2. The quantitative estimate of drug-likeness (QED) is 0.556. The Morgan fingerprint density at radius 3 is 2.55 bits per heavy atom. The number of nitrogens with zero attached hydrogens (tertiary/aromatic N) is 4. The number of benzene rings is 1. The minimum atomic E-state index is -0.118. The molecule has 0 atom stereocenters. The number of rotatable bonds is 2. The average molecular weight is 273 g/mol. The van der Waals surface area contributed by atoms with Gasteiger partial charge in [-0.1, -0.05) is 13.8 Å². The number of hydrogen-bond donors (Lipinski definition) is 3. The van der Waals surface area contributed by atoms with Gasteiger partial charge in [0.15, 0.2) is 5.96 Å². The van der Waals surface area contributed by atoms with E-state index in [1.54, 1.807) is 0 Å². The molecule has 0 amide bonds. The maximum absolute atomic E-state index is 5.61. The molecule has 0 unspecified atom stereocenters. The summed E-state index contributed by atoms with van der Waals surface area (Å²) in [6.07, 6.45) is 0. The zero-order chi connectivity index (χ0) is 14.9. The molecule has 0 saturated carbocycles. The molecule has 0 bridgehead atoms. The molecule has 1 aromatic heterocycles. The Hall–Kier alpha value is -2.57. The highest BCUT2D eigenvalue weighted by atomic mass is 15.1. The summed E-state index contributed by atoms with van der Waals surface area (Å²) >= 11 is 0. The SMILES string of the molecule is CC(C)c1nc2cc(N=C(N)N=C(N)N)ccc2n1C. The first-order valence-corrected chi connectivity index (χ1v) is 6.28. The fraction of sp³-hybridized carbons (Fsp3) is 0.308. The van der Waals surface area contributed by atoms with Crippen molar-refractivity contribution >= 4 is 28.6 Å². The van der Waals surface area contributed by atoms with Gasteiger partial charge in [0.2, 0.25) is 5.96 Å². The molecule has 1 heterocycles. The maximum Gasteiger partial charge on any atom is 0.223 e. The number of aliphatic imine (C=N–C) groups is 2. The summed E-state index contributed by atoms with van der Waals surface area (Å²) in [5, 5.41) is 0. The highest BCUT2D eigenvalue weighted by molar-refractivity contribution is 5.94. The molecule has 20 heavy (non-hydrogen) atoms. The molecule has 6 N–H and O–H groups in total. The molecule has 7 heteroatoms. The third-order valence-electron chi connectivity index (χ3n) is 2.90. The summed E-state index contributed by atoms with van der Waals surface area (Å²) in [6, 6.07) is 5.66. The Morgan fingerprint density at radius 2 is 1.95 bits per heavy atom. The predicted molar refractivity (Wildman–Crippen MR) is 81.9 cm³/mol. The molecule has 0 fully saturated rings. The van der Waals surface area contributed by atoms with E-state index in [1.165, 1.54) is 0 Å². The van der Waals surface area contributed by atoms with Gasteiger partial charge < -0.3 is 21.8 Å². The molecule has 0 aliphatic carbocycles. The van der Waals surface area contributed by atoms with Crippen LogP contribution in [0, 0.1) is 0 Å². The molecule has 0 spiro atoms. The maximum atomic E-state index is 5.61. The molecular weight excluding hydrogens is 254 g/mol. The molecule has 7 nitrogen and oxygen atoms in total. The second-order valence-corrected chi connectivity index (χ2v) is 4.86. The number of hydrogen-bond acceptors (Lipinski definition) is 2. The number of aromatic nitrogens is 2. The highest BCUT2D eigenvalue weighted by Crippen LogP contribution is 2.24. The van der Waals surface area contributed by atoms with Gasteiger partial charge in [-0.3, -0.25) is 0 Å². The van der Waals surface area contributed by atoms with Crippen LogP contribution in [0.4, 0.5) is 5.69 Å². The second-order valence-electron chi connectivity index (χ2n) is 4.86. The summed E-state index contributed by atoms with van der Waals surface area (Å²) in [4.78, 5) is 12.4. The predicted octanol–water partition coefficient (Wildman–Crippen LogP) is 0.916. The zero-order valence-corrected chi connectivity index (χ0v) is 11.8. The fourth-order valence-corrected chi connectivity index (χ4v) is 2.08. The van der Waals surface area contributed by atoms with Gasteiger partial charge in [0, 0.05) is 13.0 Å². The number of nitrogens with two attached hydrogens (primary N) is 3. The van der Waals surface area contributed by atoms with Crippen molar-refractivity contribution in [1.82, 2.24) is 9.55 Å². The number of imidazole rings is 1. The highest BCUT2D eigenvalue weighted by Gasteiger charge is 2.11. The first-order valence-electron chi connectivity index (χ1n) is 6.28. The van der Waals surface area contributed by atoms with Gasteiger partial charge in [0.1, 0.15) is 5.82 Å². The van der Waals surface area contributed by atoms with Crippen molar-refractivity contribution < 1.29 is 0 Å². The van der Waals surface area contributed by atoms with Crippen molar-refractivity contribution in [2.75, 3.05) is 0 Å². The number of guanidine groups is 2. The first-order chi connectivity index (χ1) is 9.38. The molecule has 2 rings (SSSR count). The zero-order valence-electron chi connectivity index (χ0n) is 11.8. The Morgan fingerprint density at radius 1 is 1.25 bits per heavy atom. The van der Waals surface area contributed by atoms with Gasteiger partial charge >= 0.3 is 0 Å². The summed E-state index contributed by atoms with van der Waals surface area (Å²) in [6.45, 7) is 4.22. The van der Waals surface area contributed by atoms with E-state index >= 15 is 0 Å². The van der Waals surface area contributed by atoms with Gasteiger partial charge in [-0.25, -0.2) is 9.98 Å². The van der Waals surface area contributed by atoms with Crippen molar-refractivity contribution in [2.24, 2.45) is 34.2 Å². The lowest BCUT2D eigenvalue weighted by molar-refractivity contribution is 0.722. The van der Waals surface area contributed by atoms with Gasteiger partial charge in [-0.05, 0) is 18.2 Å². The smallest absolute Gasteiger partial charge is 0.223 e. The van der Waals surface area contributed by atoms with Crippen molar-refractivity contribution in [3.8, 4) is 0 Å². The van der Waals surface area contributed by atoms with Crippen molar-refractivity contribution in [3.63, 3.8) is 0 Å². The fourth-order valence-electron chi connectivity index (χ4n) is 2.08. The van der Waals surface area contributed by atoms with E-state index in [9.17, 15) is 0 Å². The standard InChI is InChI=1S/C13H19N7/c1-7(2)11-18-9-6-8(4-5-10(9)20(11)3)17-13(16)19-12(14)15/h4-7H,1-3H3,(H6,14,15,16,17,19). The Labute approximate surface area is 117 Å². The summed E-state index contributed by atoms with van der Waals surface area (Å²) in [5.41, 5.74) is 18.7. The van der Waals surface area contributed by atoms with Gasteiger partial charge in [0.25, 0.3) is 0 Å². The van der Waals surface area contributed by atoms with Crippen LogP contribution in [0.3, 0.4) is 0 Å². The van der Waals surface area contributed by atoms with E-state index in [2.05, 4.69) is 33.4 Å². The first kappa shape index (κ1) is 13.9. The Balaban J connectivity index is 2.47. The lowest BCUT2D eigenvalue weighted by Gasteiger charge is -2.04. The Bertz CT molecular complexity index is 690. The number of fused-ring (bicyclic) bond motifs is 1. The van der Waals surface area contributed by atoms with E-state index in [0.717, 1.165) is 16.9 Å². The van der Waals surface area contributed by atoms with Crippen LogP contribution in [0.5, 0.6) is 0 Å². The third kappa shape index (κ3) is 2.71. The van der Waals surface area contributed by atoms with Crippen LogP contribution in [0.1, 0.15) is 25.6 Å². The van der Waals surface area contributed by atoms with Crippen LogP contribution in [0.15, 0.2) is 28.2 Å². The van der Waals surface area contributed by atoms with E-state index in [-0.39, 0.29) is 11.9 Å². The van der Waals surface area contributed by atoms with Crippen molar-refractivity contribution in [1.29, 1.82) is 0 Å². The molecule has 0 aliphatic heterocycles. The summed E-state index contributed by atoms with van der Waals surface area (Å²) < 4.78 is 2.08. The largest absolute Gasteiger partial charge is 0.370 e. The molecular formula is C13H19N7. The summed E-state index contributed by atoms with van der Waals surface area (Å²) in [5.74, 6) is 1.28. The minimum absolute atomic E-state index is 0.0179. The second kappa shape index (κ2) is 5.20. The van der Waals surface area contributed by atoms with Crippen LogP contribution in [-0.2, 0) is 7.05 Å². The van der Waals surface area contributed by atoms with Crippen LogP contribution in [0.25, 0.3) is 11.0 Å². The van der Waals surface area contributed by atoms with Crippen molar-refractivity contribution in [2.45, 2.75) is 19.8 Å². The number of aryl methyl sites for hydroxylation is 1. The van der Waals surface area contributed by atoms with Crippen LogP contribution in [0.2, 0.25) is 0 Å². The lowest BCUT2D eigenvalue weighted by Crippen LogP contribution is -2.26. The molecule has 1 aromatic carbocycles. The molecule has 0 saturated heterocycles.